The molecule has 0 saturated carbocycles. The minimum Gasteiger partial charge on any atom is -0.335 e. The van der Waals surface area contributed by atoms with Crippen LogP contribution in [0.2, 0.25) is 0 Å². The van der Waals surface area contributed by atoms with E-state index in [1.54, 1.807) is 17.1 Å². The van der Waals surface area contributed by atoms with Crippen molar-refractivity contribution in [2.24, 2.45) is 0 Å². The number of aldehydes is 1. The minimum atomic E-state index is -0.0353. The lowest BCUT2D eigenvalue weighted by Gasteiger charge is -2.18. The van der Waals surface area contributed by atoms with Gasteiger partial charge in [0.1, 0.15) is 6.29 Å². The first-order valence-electron chi connectivity index (χ1n) is 4.19. The highest BCUT2D eigenvalue weighted by molar-refractivity contribution is 5.78. The highest BCUT2D eigenvalue weighted by Crippen LogP contribution is 1.97. The number of amides is 1. The molecule has 0 aromatic carbocycles. The Balaban J connectivity index is 4.00. The van der Waals surface area contributed by atoms with Gasteiger partial charge in [-0.2, -0.15) is 0 Å². The molecule has 0 aliphatic rings. The second-order valence-corrected chi connectivity index (χ2v) is 2.58. The molecule has 0 fully saturated rings. The molecule has 0 bridgehead atoms. The zero-order chi connectivity index (χ0) is 10.1. The van der Waals surface area contributed by atoms with Gasteiger partial charge in [-0.1, -0.05) is 12.2 Å². The van der Waals surface area contributed by atoms with Gasteiger partial charge < -0.3 is 9.69 Å². The highest BCUT2D eigenvalue weighted by Gasteiger charge is 2.08. The van der Waals surface area contributed by atoms with E-state index in [1.165, 1.54) is 0 Å². The van der Waals surface area contributed by atoms with Crippen LogP contribution in [0.25, 0.3) is 0 Å². The van der Waals surface area contributed by atoms with Crippen LogP contribution in [0.3, 0.4) is 0 Å². The lowest BCUT2D eigenvalue weighted by atomic mass is 10.3. The van der Waals surface area contributed by atoms with Crippen LogP contribution < -0.4 is 0 Å². The van der Waals surface area contributed by atoms with Crippen molar-refractivity contribution < 1.29 is 9.59 Å². The van der Waals surface area contributed by atoms with E-state index in [9.17, 15) is 9.59 Å². The summed E-state index contributed by atoms with van der Waals surface area (Å²) in [7, 11) is 0. The van der Waals surface area contributed by atoms with Crippen molar-refractivity contribution in [3.8, 4) is 0 Å². The van der Waals surface area contributed by atoms with Gasteiger partial charge in [0.05, 0.1) is 0 Å². The van der Waals surface area contributed by atoms with E-state index in [2.05, 4.69) is 13.2 Å². The Labute approximate surface area is 78.7 Å². The van der Waals surface area contributed by atoms with Crippen molar-refractivity contribution in [2.45, 2.75) is 12.8 Å². The van der Waals surface area contributed by atoms with Gasteiger partial charge in [-0.15, -0.1) is 13.2 Å². The Hall–Kier alpha value is -1.38. The van der Waals surface area contributed by atoms with Crippen molar-refractivity contribution in [1.29, 1.82) is 0 Å². The first kappa shape index (κ1) is 11.6. The van der Waals surface area contributed by atoms with Crippen LogP contribution >= 0.6 is 0 Å². The largest absolute Gasteiger partial charge is 0.335 e. The molecular formula is C10H15NO2. The molecule has 0 aromatic heterocycles. The number of nitrogens with zero attached hydrogens (tertiary/aromatic N) is 1. The fourth-order valence-corrected chi connectivity index (χ4v) is 0.930. The van der Waals surface area contributed by atoms with E-state index < -0.39 is 0 Å². The summed E-state index contributed by atoms with van der Waals surface area (Å²) in [6.07, 6.45) is 4.61. The van der Waals surface area contributed by atoms with E-state index in [0.29, 0.717) is 13.1 Å². The van der Waals surface area contributed by atoms with E-state index in [0.717, 1.165) is 6.29 Å². The predicted octanol–water partition coefficient (Wildman–Crippen LogP) is 1.17. The van der Waals surface area contributed by atoms with Crippen LogP contribution in [0.1, 0.15) is 12.8 Å². The second kappa shape index (κ2) is 7.28. The number of carbonyl (C=O) groups excluding carboxylic acids is 2. The van der Waals surface area contributed by atoms with Crippen LogP contribution in [-0.2, 0) is 9.59 Å². The monoisotopic (exact) mass is 181 g/mol. The molecule has 0 radical (unpaired) electrons. The fourth-order valence-electron chi connectivity index (χ4n) is 0.930. The fraction of sp³-hybridized carbons (Fsp3) is 0.400. The summed E-state index contributed by atoms with van der Waals surface area (Å²) in [4.78, 5) is 23.0. The molecule has 0 unspecified atom stereocenters. The molecule has 0 rings (SSSR count). The summed E-state index contributed by atoms with van der Waals surface area (Å²) in [5, 5.41) is 0. The van der Waals surface area contributed by atoms with Gasteiger partial charge in [0.15, 0.2) is 0 Å². The minimum absolute atomic E-state index is 0.0353. The molecule has 0 aromatic rings. The summed E-state index contributed by atoms with van der Waals surface area (Å²) in [6.45, 7) is 8.10. The number of hydrogen-bond donors (Lipinski definition) is 0. The maximum absolute atomic E-state index is 11.4. The summed E-state index contributed by atoms with van der Waals surface area (Å²) in [5.41, 5.74) is 0. The van der Waals surface area contributed by atoms with Crippen LogP contribution in [0.4, 0.5) is 0 Å². The van der Waals surface area contributed by atoms with Crippen molar-refractivity contribution in [2.75, 3.05) is 13.1 Å². The van der Waals surface area contributed by atoms with Crippen molar-refractivity contribution in [3.05, 3.63) is 25.3 Å². The van der Waals surface area contributed by atoms with Gasteiger partial charge in [-0.25, -0.2) is 0 Å². The first-order valence-corrected chi connectivity index (χ1v) is 4.19. The Morgan fingerprint density at radius 1 is 1.23 bits per heavy atom. The first-order chi connectivity index (χ1) is 6.26. The van der Waals surface area contributed by atoms with Crippen molar-refractivity contribution in [3.63, 3.8) is 0 Å². The van der Waals surface area contributed by atoms with Gasteiger partial charge in [0.2, 0.25) is 5.91 Å². The van der Waals surface area contributed by atoms with Crippen molar-refractivity contribution in [1.82, 2.24) is 4.90 Å². The molecule has 3 nitrogen and oxygen atoms in total. The molecule has 72 valence electrons. The summed E-state index contributed by atoms with van der Waals surface area (Å²) in [5.74, 6) is -0.0353. The van der Waals surface area contributed by atoms with Gasteiger partial charge in [-0.3, -0.25) is 4.79 Å². The second-order valence-electron chi connectivity index (χ2n) is 2.58. The highest BCUT2D eigenvalue weighted by atomic mass is 16.2. The van der Waals surface area contributed by atoms with Gasteiger partial charge in [0.25, 0.3) is 0 Å². The van der Waals surface area contributed by atoms with Gasteiger partial charge in [0, 0.05) is 25.9 Å². The lowest BCUT2D eigenvalue weighted by molar-refractivity contribution is -0.131. The van der Waals surface area contributed by atoms with Crippen LogP contribution in [0.5, 0.6) is 0 Å². The molecule has 0 saturated heterocycles. The zero-order valence-corrected chi connectivity index (χ0v) is 7.74. The molecule has 3 heteroatoms. The SMILES string of the molecule is C=CCN(CC=C)C(=O)CCC=O. The van der Waals surface area contributed by atoms with Crippen LogP contribution in [0, 0.1) is 0 Å². The molecule has 0 heterocycles. The molecule has 13 heavy (non-hydrogen) atoms. The van der Waals surface area contributed by atoms with Crippen LogP contribution in [0.15, 0.2) is 25.3 Å². The summed E-state index contributed by atoms with van der Waals surface area (Å²) >= 11 is 0. The number of rotatable bonds is 7. The molecular weight excluding hydrogens is 166 g/mol. The molecule has 0 atom stereocenters. The topological polar surface area (TPSA) is 37.4 Å². The molecule has 0 spiro atoms. The third kappa shape index (κ3) is 4.95. The molecule has 0 aliphatic carbocycles. The quantitative estimate of drug-likeness (QED) is 0.436. The Bertz CT molecular complexity index is 189. The number of carbonyl (C=O) groups is 2. The molecule has 0 aliphatic heterocycles. The van der Waals surface area contributed by atoms with Gasteiger partial charge in [-0.05, 0) is 0 Å². The van der Waals surface area contributed by atoms with E-state index in [1.807, 2.05) is 0 Å². The number of hydrogen-bond acceptors (Lipinski definition) is 2. The third-order valence-electron chi connectivity index (χ3n) is 1.53. The average Bonchev–Trinajstić information content (AvgIpc) is 2.14. The smallest absolute Gasteiger partial charge is 0.223 e. The Morgan fingerprint density at radius 2 is 1.77 bits per heavy atom. The average molecular weight is 181 g/mol. The molecule has 0 N–H and O–H groups in total. The molecule has 1 amide bonds. The van der Waals surface area contributed by atoms with E-state index >= 15 is 0 Å². The van der Waals surface area contributed by atoms with E-state index in [-0.39, 0.29) is 18.7 Å². The summed E-state index contributed by atoms with van der Waals surface area (Å²) < 4.78 is 0. The maximum atomic E-state index is 11.4. The van der Waals surface area contributed by atoms with E-state index in [4.69, 9.17) is 0 Å². The lowest BCUT2D eigenvalue weighted by Crippen LogP contribution is -2.31. The zero-order valence-electron chi connectivity index (χ0n) is 7.74. The maximum Gasteiger partial charge on any atom is 0.223 e. The van der Waals surface area contributed by atoms with Gasteiger partial charge >= 0.3 is 0 Å². The van der Waals surface area contributed by atoms with Crippen molar-refractivity contribution >= 4 is 12.2 Å². The standard InChI is InChI=1S/C10H15NO2/c1-3-7-11(8-4-2)10(13)6-5-9-12/h3-4,9H,1-2,5-8H2. The normalized spacial score (nSPS) is 8.92. The van der Waals surface area contributed by atoms with Crippen LogP contribution in [-0.4, -0.2) is 30.2 Å². The predicted molar refractivity (Wildman–Crippen MR) is 52.3 cm³/mol. The third-order valence-corrected chi connectivity index (χ3v) is 1.53. The Kier molecular flexibility index (Phi) is 6.51. The summed E-state index contributed by atoms with van der Waals surface area (Å²) in [6, 6.07) is 0. The Morgan fingerprint density at radius 3 is 2.15 bits per heavy atom.